The highest BCUT2D eigenvalue weighted by Crippen LogP contribution is 2.21. The first kappa shape index (κ1) is 12.2. The quantitative estimate of drug-likeness (QED) is 0.866. The highest BCUT2D eigenvalue weighted by Gasteiger charge is 2.22. The van der Waals surface area contributed by atoms with Gasteiger partial charge in [0.15, 0.2) is 0 Å². The number of phenolic OH excluding ortho intramolecular Hbond substituents is 1. The van der Waals surface area contributed by atoms with E-state index < -0.39 is 0 Å². The van der Waals surface area contributed by atoms with E-state index in [1.54, 1.807) is 12.1 Å². The zero-order valence-electron chi connectivity index (χ0n) is 10.7. The molecular formula is C14H17N3O2. The molecule has 100 valence electrons. The molecule has 0 bridgehead atoms. The highest BCUT2D eigenvalue weighted by atomic mass is 16.3. The van der Waals surface area contributed by atoms with E-state index in [-0.39, 0.29) is 12.4 Å². The van der Waals surface area contributed by atoms with Gasteiger partial charge in [0.25, 0.3) is 0 Å². The molecule has 1 aromatic heterocycles. The predicted octanol–water partition coefficient (Wildman–Crippen LogP) is 1.13. The molecule has 5 nitrogen and oxygen atoms in total. The molecule has 2 N–H and O–H groups in total. The van der Waals surface area contributed by atoms with Crippen molar-refractivity contribution in [1.29, 1.82) is 0 Å². The summed E-state index contributed by atoms with van der Waals surface area (Å²) in [5, 5.41) is 27.1. The van der Waals surface area contributed by atoms with E-state index >= 15 is 0 Å². The van der Waals surface area contributed by atoms with Crippen LogP contribution in [-0.2, 0) is 19.4 Å². The van der Waals surface area contributed by atoms with E-state index in [0.717, 1.165) is 36.6 Å². The van der Waals surface area contributed by atoms with E-state index in [4.69, 9.17) is 0 Å². The van der Waals surface area contributed by atoms with E-state index in [1.165, 1.54) is 0 Å². The van der Waals surface area contributed by atoms with Gasteiger partial charge in [-0.3, -0.25) is 0 Å². The second-order valence-corrected chi connectivity index (χ2v) is 5.07. The van der Waals surface area contributed by atoms with E-state index in [0.29, 0.717) is 12.3 Å². The van der Waals surface area contributed by atoms with Gasteiger partial charge in [0.2, 0.25) is 0 Å². The summed E-state index contributed by atoms with van der Waals surface area (Å²) in [4.78, 5) is 0. The Hall–Kier alpha value is -1.88. The molecule has 19 heavy (non-hydrogen) atoms. The summed E-state index contributed by atoms with van der Waals surface area (Å²) in [5.41, 5.74) is 1.03. The fourth-order valence-corrected chi connectivity index (χ4v) is 2.59. The third-order valence-corrected chi connectivity index (χ3v) is 3.67. The largest absolute Gasteiger partial charge is 0.508 e. The Bertz CT molecular complexity index is 580. The summed E-state index contributed by atoms with van der Waals surface area (Å²) in [6, 6.07) is 7.22. The fraction of sp³-hybridized carbons (Fsp3) is 0.429. The Labute approximate surface area is 111 Å². The number of fused-ring (bicyclic) bond motifs is 1. The summed E-state index contributed by atoms with van der Waals surface area (Å²) < 4.78 is 2.14. The Morgan fingerprint density at radius 2 is 2.21 bits per heavy atom. The van der Waals surface area contributed by atoms with Crippen LogP contribution in [0.1, 0.15) is 23.6 Å². The maximum atomic E-state index is 9.48. The Balaban J connectivity index is 1.82. The van der Waals surface area contributed by atoms with Crippen molar-refractivity contribution in [3.63, 3.8) is 0 Å². The second kappa shape index (κ2) is 5.01. The van der Waals surface area contributed by atoms with Crippen LogP contribution in [0.25, 0.3) is 0 Å². The molecule has 0 saturated heterocycles. The number of benzene rings is 1. The highest BCUT2D eigenvalue weighted by molar-refractivity contribution is 5.29. The van der Waals surface area contributed by atoms with E-state index in [9.17, 15) is 10.2 Å². The number of aromatic hydroxyl groups is 1. The third kappa shape index (κ3) is 2.46. The molecule has 2 heterocycles. The molecule has 1 aliphatic heterocycles. The topological polar surface area (TPSA) is 71.2 Å². The third-order valence-electron chi connectivity index (χ3n) is 3.67. The first-order valence-electron chi connectivity index (χ1n) is 6.56. The lowest BCUT2D eigenvalue weighted by atomic mass is 9.99. The van der Waals surface area contributed by atoms with Gasteiger partial charge in [-0.15, -0.1) is 10.2 Å². The van der Waals surface area contributed by atoms with Crippen LogP contribution < -0.4 is 0 Å². The standard InChI is InChI=1S/C14H17N3O2/c18-9-11-4-5-17-13(15-16-14(17)8-11)7-10-2-1-3-12(19)6-10/h1-3,6,11,18-19H,4-5,7-9H2. The molecule has 0 fully saturated rings. The smallest absolute Gasteiger partial charge is 0.137 e. The van der Waals surface area contributed by atoms with Gasteiger partial charge < -0.3 is 14.8 Å². The first-order chi connectivity index (χ1) is 9.26. The molecule has 0 aliphatic carbocycles. The minimum atomic E-state index is 0.217. The summed E-state index contributed by atoms with van der Waals surface area (Å²) in [5.74, 6) is 2.47. The Kier molecular flexibility index (Phi) is 3.21. The second-order valence-electron chi connectivity index (χ2n) is 5.07. The number of hydrogen-bond acceptors (Lipinski definition) is 4. The maximum Gasteiger partial charge on any atom is 0.137 e. The summed E-state index contributed by atoms with van der Waals surface area (Å²) in [7, 11) is 0. The van der Waals surface area contributed by atoms with Crippen LogP contribution in [0.5, 0.6) is 5.75 Å². The maximum absolute atomic E-state index is 9.48. The molecule has 5 heteroatoms. The van der Waals surface area contributed by atoms with Gasteiger partial charge in [0.05, 0.1) is 0 Å². The minimum Gasteiger partial charge on any atom is -0.508 e. The monoisotopic (exact) mass is 259 g/mol. The number of hydrogen-bond donors (Lipinski definition) is 2. The molecule has 0 amide bonds. The van der Waals surface area contributed by atoms with Crippen LogP contribution in [0.15, 0.2) is 24.3 Å². The molecular weight excluding hydrogens is 242 g/mol. The van der Waals surface area contributed by atoms with Crippen LogP contribution in [0.3, 0.4) is 0 Å². The van der Waals surface area contributed by atoms with Crippen LogP contribution in [0.2, 0.25) is 0 Å². The Morgan fingerprint density at radius 3 is 3.00 bits per heavy atom. The van der Waals surface area contributed by atoms with Gasteiger partial charge in [-0.25, -0.2) is 0 Å². The van der Waals surface area contributed by atoms with Gasteiger partial charge in [-0.05, 0) is 30.0 Å². The molecule has 0 spiro atoms. The fourth-order valence-electron chi connectivity index (χ4n) is 2.59. The average molecular weight is 259 g/mol. The van der Waals surface area contributed by atoms with Crippen LogP contribution in [0, 0.1) is 5.92 Å². The average Bonchev–Trinajstić information content (AvgIpc) is 2.81. The molecule has 1 atom stereocenters. The molecule has 3 rings (SSSR count). The number of phenols is 1. The molecule has 2 aromatic rings. The SMILES string of the molecule is OCC1CCn2c(Cc3cccc(O)c3)nnc2C1. The van der Waals surface area contributed by atoms with Crippen molar-refractivity contribution in [2.24, 2.45) is 5.92 Å². The lowest BCUT2D eigenvalue weighted by molar-refractivity contribution is 0.198. The molecule has 1 unspecified atom stereocenters. The van der Waals surface area contributed by atoms with Crippen molar-refractivity contribution in [1.82, 2.24) is 14.8 Å². The lowest BCUT2D eigenvalue weighted by Gasteiger charge is -2.21. The predicted molar refractivity (Wildman–Crippen MR) is 69.8 cm³/mol. The van der Waals surface area contributed by atoms with Gasteiger partial charge in [-0.1, -0.05) is 12.1 Å². The van der Waals surface area contributed by atoms with Crippen molar-refractivity contribution in [2.45, 2.75) is 25.8 Å². The number of rotatable bonds is 3. The number of aromatic nitrogens is 3. The van der Waals surface area contributed by atoms with Crippen LogP contribution in [-0.4, -0.2) is 31.6 Å². The lowest BCUT2D eigenvalue weighted by Crippen LogP contribution is -2.23. The van der Waals surface area contributed by atoms with Crippen molar-refractivity contribution in [3.05, 3.63) is 41.5 Å². The van der Waals surface area contributed by atoms with Gasteiger partial charge in [-0.2, -0.15) is 0 Å². The molecule has 1 aliphatic rings. The van der Waals surface area contributed by atoms with Crippen molar-refractivity contribution in [2.75, 3.05) is 6.61 Å². The normalized spacial score (nSPS) is 18.3. The van der Waals surface area contributed by atoms with Crippen LogP contribution >= 0.6 is 0 Å². The zero-order chi connectivity index (χ0) is 13.2. The number of aliphatic hydroxyl groups is 1. The summed E-state index contributed by atoms with van der Waals surface area (Å²) in [6.45, 7) is 1.08. The zero-order valence-corrected chi connectivity index (χ0v) is 10.7. The summed E-state index contributed by atoms with van der Waals surface area (Å²) in [6.07, 6.45) is 2.43. The number of aliphatic hydroxyl groups excluding tert-OH is 1. The van der Waals surface area contributed by atoms with Crippen molar-refractivity contribution < 1.29 is 10.2 Å². The molecule has 1 aromatic carbocycles. The van der Waals surface area contributed by atoms with Crippen molar-refractivity contribution in [3.8, 4) is 5.75 Å². The van der Waals surface area contributed by atoms with E-state index in [2.05, 4.69) is 14.8 Å². The van der Waals surface area contributed by atoms with E-state index in [1.807, 2.05) is 12.1 Å². The van der Waals surface area contributed by atoms with Gasteiger partial charge in [0.1, 0.15) is 17.4 Å². The summed E-state index contributed by atoms with van der Waals surface area (Å²) >= 11 is 0. The Morgan fingerprint density at radius 1 is 1.32 bits per heavy atom. The van der Waals surface area contributed by atoms with Gasteiger partial charge >= 0.3 is 0 Å². The number of nitrogens with zero attached hydrogens (tertiary/aromatic N) is 3. The van der Waals surface area contributed by atoms with Crippen molar-refractivity contribution >= 4 is 0 Å². The minimum absolute atomic E-state index is 0.217. The van der Waals surface area contributed by atoms with Crippen LogP contribution in [0.4, 0.5) is 0 Å². The molecule has 0 radical (unpaired) electrons. The molecule has 0 saturated carbocycles. The first-order valence-corrected chi connectivity index (χ1v) is 6.56. The van der Waals surface area contributed by atoms with Gasteiger partial charge in [0, 0.05) is 26.0 Å².